The molecule has 0 saturated carbocycles. The maximum absolute atomic E-state index is 11.9. The lowest BCUT2D eigenvalue weighted by molar-refractivity contribution is -0.275. The van der Waals surface area contributed by atoms with Gasteiger partial charge in [0.15, 0.2) is 0 Å². The number of alkyl halides is 6. The van der Waals surface area contributed by atoms with E-state index in [1.807, 2.05) is 22.6 Å². The van der Waals surface area contributed by atoms with Crippen molar-refractivity contribution in [2.75, 3.05) is 5.73 Å². The van der Waals surface area contributed by atoms with Crippen LogP contribution in [0.4, 0.5) is 32.2 Å². The molecule has 0 aliphatic rings. The molecule has 2 aromatic carbocycles. The van der Waals surface area contributed by atoms with Crippen molar-refractivity contribution >= 4 is 28.4 Å². The van der Waals surface area contributed by atoms with E-state index < -0.39 is 12.7 Å². The van der Waals surface area contributed by atoms with E-state index in [9.17, 15) is 26.3 Å². The van der Waals surface area contributed by atoms with Gasteiger partial charge in [0.25, 0.3) is 0 Å². The Balaban J connectivity index is 0.000000191. The Bertz CT molecular complexity index is 1110. The van der Waals surface area contributed by atoms with Crippen LogP contribution in [-0.4, -0.2) is 32.3 Å². The van der Waals surface area contributed by atoms with Crippen LogP contribution in [0.15, 0.2) is 73.1 Å². The van der Waals surface area contributed by atoms with Crippen LogP contribution in [0.5, 0.6) is 11.5 Å². The summed E-state index contributed by atoms with van der Waals surface area (Å²) in [6.45, 7) is 0. The van der Waals surface area contributed by atoms with E-state index in [1.54, 1.807) is 29.2 Å². The number of rotatable bonds is 4. The average Bonchev–Trinajstić information content (AvgIpc) is 3.36. The maximum Gasteiger partial charge on any atom is 0.573 e. The molecule has 4 aromatic rings. The Labute approximate surface area is 201 Å². The van der Waals surface area contributed by atoms with Gasteiger partial charge in [-0.15, -0.1) is 26.3 Å². The lowest BCUT2D eigenvalue weighted by Crippen LogP contribution is -2.17. The normalized spacial score (nSPS) is 11.5. The molecule has 2 heterocycles. The number of hydrogen-bond donors (Lipinski definition) is 1. The maximum atomic E-state index is 11.9. The van der Waals surface area contributed by atoms with Gasteiger partial charge in [-0.2, -0.15) is 10.2 Å². The van der Waals surface area contributed by atoms with Crippen molar-refractivity contribution in [2.45, 2.75) is 12.7 Å². The van der Waals surface area contributed by atoms with Gasteiger partial charge in [0.1, 0.15) is 21.0 Å². The number of nitrogens with two attached hydrogens (primary N) is 1. The Kier molecular flexibility index (Phi) is 7.58. The topological polar surface area (TPSA) is 80.1 Å². The number of nitrogens with zero attached hydrogens (tertiary/aromatic N) is 4. The molecule has 14 heteroatoms. The molecule has 0 aliphatic heterocycles. The molecule has 0 atom stereocenters. The molecular weight excluding hydrogens is 583 g/mol. The SMILES string of the molecule is FC(F)(F)Oc1ccc(-n2ccc(I)n2)cc1.Nc1ccn(-c2ccc(OC(F)(F)F)cc2)n1. The lowest BCUT2D eigenvalue weighted by Gasteiger charge is -2.09. The first kappa shape index (κ1) is 25.2. The minimum absolute atomic E-state index is 0.247. The van der Waals surface area contributed by atoms with Gasteiger partial charge < -0.3 is 15.2 Å². The standard InChI is InChI=1S/C10H6F3IN2O.C10H8F3N3O/c2*11-10(12,13)17-8-3-1-7(2-4-8)16-6-5-9(14)15-16/h1-6H;1-6H,(H2,14,15). The highest BCUT2D eigenvalue weighted by Gasteiger charge is 2.31. The first-order valence-electron chi connectivity index (χ1n) is 9.13. The molecule has 4 rings (SSSR count). The molecule has 0 aliphatic carbocycles. The summed E-state index contributed by atoms with van der Waals surface area (Å²) in [5.74, 6) is -0.190. The van der Waals surface area contributed by atoms with Crippen LogP contribution in [0.1, 0.15) is 0 Å². The second-order valence-electron chi connectivity index (χ2n) is 6.35. The van der Waals surface area contributed by atoms with Gasteiger partial charge in [-0.05, 0) is 77.2 Å². The number of benzene rings is 2. The number of nitrogen functional groups attached to an aromatic ring is 1. The van der Waals surface area contributed by atoms with Crippen molar-refractivity contribution in [3.63, 3.8) is 0 Å². The fourth-order valence-corrected chi connectivity index (χ4v) is 2.92. The first-order valence-corrected chi connectivity index (χ1v) is 10.2. The van der Waals surface area contributed by atoms with Gasteiger partial charge in [0.05, 0.1) is 11.4 Å². The Morgan fingerprint density at radius 2 is 1.06 bits per heavy atom. The highest BCUT2D eigenvalue weighted by Crippen LogP contribution is 2.24. The Morgan fingerprint density at radius 1 is 0.647 bits per heavy atom. The zero-order valence-electron chi connectivity index (χ0n) is 16.8. The van der Waals surface area contributed by atoms with E-state index in [1.165, 1.54) is 53.2 Å². The second-order valence-corrected chi connectivity index (χ2v) is 7.46. The second kappa shape index (κ2) is 10.2. The van der Waals surface area contributed by atoms with E-state index in [4.69, 9.17) is 5.73 Å². The monoisotopic (exact) mass is 597 g/mol. The van der Waals surface area contributed by atoms with Gasteiger partial charge in [0.2, 0.25) is 0 Å². The number of anilines is 1. The predicted molar refractivity (Wildman–Crippen MR) is 118 cm³/mol. The molecule has 0 saturated heterocycles. The molecule has 34 heavy (non-hydrogen) atoms. The van der Waals surface area contributed by atoms with E-state index in [-0.39, 0.29) is 11.5 Å². The average molecular weight is 597 g/mol. The van der Waals surface area contributed by atoms with Crippen LogP contribution in [0.2, 0.25) is 0 Å². The van der Waals surface area contributed by atoms with Gasteiger partial charge in [-0.25, -0.2) is 9.36 Å². The van der Waals surface area contributed by atoms with Crippen molar-refractivity contribution in [2.24, 2.45) is 0 Å². The molecule has 0 amide bonds. The largest absolute Gasteiger partial charge is 0.573 e. The fourth-order valence-electron chi connectivity index (χ4n) is 2.53. The third kappa shape index (κ3) is 7.86. The molecule has 2 N–H and O–H groups in total. The third-order valence-electron chi connectivity index (χ3n) is 3.84. The molecule has 0 unspecified atom stereocenters. The Hall–Kier alpha value is -3.43. The van der Waals surface area contributed by atoms with Crippen LogP contribution in [0.3, 0.4) is 0 Å². The van der Waals surface area contributed by atoms with Crippen molar-refractivity contribution in [3.05, 3.63) is 76.8 Å². The predicted octanol–water partition coefficient (Wildman–Crippen LogP) is 5.73. The van der Waals surface area contributed by atoms with Crippen molar-refractivity contribution in [1.82, 2.24) is 19.6 Å². The molecule has 7 nitrogen and oxygen atoms in total. The van der Waals surface area contributed by atoms with E-state index in [2.05, 4.69) is 19.7 Å². The van der Waals surface area contributed by atoms with Crippen LogP contribution in [0, 0.1) is 3.70 Å². The molecule has 180 valence electrons. The quantitative estimate of drug-likeness (QED) is 0.240. The summed E-state index contributed by atoms with van der Waals surface area (Å²) in [4.78, 5) is 0. The highest BCUT2D eigenvalue weighted by molar-refractivity contribution is 14.1. The number of halogens is 7. The van der Waals surface area contributed by atoms with Crippen LogP contribution in [-0.2, 0) is 0 Å². The van der Waals surface area contributed by atoms with Gasteiger partial charge >= 0.3 is 12.7 Å². The number of hydrogen-bond acceptors (Lipinski definition) is 5. The number of ether oxygens (including phenoxy) is 2. The number of aromatic nitrogens is 4. The molecule has 0 fully saturated rings. The van der Waals surface area contributed by atoms with Gasteiger partial charge in [-0.3, -0.25) is 0 Å². The highest BCUT2D eigenvalue weighted by atomic mass is 127. The smallest absolute Gasteiger partial charge is 0.406 e. The van der Waals surface area contributed by atoms with Gasteiger partial charge in [-0.1, -0.05) is 0 Å². The molecule has 0 spiro atoms. The first-order chi connectivity index (χ1) is 15.9. The van der Waals surface area contributed by atoms with Gasteiger partial charge in [0, 0.05) is 18.5 Å². The van der Waals surface area contributed by atoms with Crippen molar-refractivity contribution < 1.29 is 35.8 Å². The summed E-state index contributed by atoms with van der Waals surface area (Å²) in [5.41, 5.74) is 6.69. The summed E-state index contributed by atoms with van der Waals surface area (Å²) in [6, 6.07) is 14.2. The summed E-state index contributed by atoms with van der Waals surface area (Å²) in [6.07, 6.45) is -6.02. The van der Waals surface area contributed by atoms with Crippen LogP contribution in [0.25, 0.3) is 11.4 Å². The molecule has 0 bridgehead atoms. The minimum atomic E-state index is -4.68. The van der Waals surface area contributed by atoms with Crippen molar-refractivity contribution in [1.29, 1.82) is 0 Å². The summed E-state index contributed by atoms with van der Waals surface area (Å²) in [5, 5.41) is 8.04. The Morgan fingerprint density at radius 3 is 1.38 bits per heavy atom. The van der Waals surface area contributed by atoms with E-state index in [0.717, 1.165) is 3.70 Å². The summed E-state index contributed by atoms with van der Waals surface area (Å²) >= 11 is 2.05. The summed E-state index contributed by atoms with van der Waals surface area (Å²) < 4.78 is 82.9. The van der Waals surface area contributed by atoms with Crippen molar-refractivity contribution in [3.8, 4) is 22.9 Å². The third-order valence-corrected chi connectivity index (χ3v) is 4.41. The van der Waals surface area contributed by atoms with Crippen LogP contribution >= 0.6 is 22.6 Å². The van der Waals surface area contributed by atoms with E-state index in [0.29, 0.717) is 17.2 Å². The van der Waals surface area contributed by atoms with E-state index >= 15 is 0 Å². The molecular formula is C20H14F6IN5O2. The fraction of sp³-hybridized carbons (Fsp3) is 0.100. The summed E-state index contributed by atoms with van der Waals surface area (Å²) in [7, 11) is 0. The molecule has 2 aromatic heterocycles. The zero-order chi connectivity index (χ0) is 24.9. The lowest BCUT2D eigenvalue weighted by atomic mass is 10.3. The van der Waals surface area contributed by atoms with Crippen LogP contribution < -0.4 is 15.2 Å². The zero-order valence-corrected chi connectivity index (χ0v) is 18.9. The minimum Gasteiger partial charge on any atom is -0.406 e. The molecule has 0 radical (unpaired) electrons.